The number of nitrogens with zero attached hydrogens (tertiary/aromatic N) is 4. The van der Waals surface area contributed by atoms with E-state index < -0.39 is 0 Å². The van der Waals surface area contributed by atoms with Crippen molar-refractivity contribution >= 4 is 35.0 Å². The first-order chi connectivity index (χ1) is 12.1. The normalized spacial score (nSPS) is 15.3. The van der Waals surface area contributed by atoms with Gasteiger partial charge in [0.25, 0.3) is 0 Å². The van der Waals surface area contributed by atoms with Crippen molar-refractivity contribution in [1.29, 1.82) is 0 Å². The van der Waals surface area contributed by atoms with Crippen molar-refractivity contribution in [3.8, 4) is 0 Å². The summed E-state index contributed by atoms with van der Waals surface area (Å²) >= 11 is 7.32. The van der Waals surface area contributed by atoms with Crippen LogP contribution >= 0.6 is 23.4 Å². The Morgan fingerprint density at radius 1 is 1.36 bits per heavy atom. The van der Waals surface area contributed by atoms with Crippen molar-refractivity contribution in [3.63, 3.8) is 0 Å². The first-order valence-corrected chi connectivity index (χ1v) is 9.91. The molecule has 0 bridgehead atoms. The Balaban J connectivity index is 1.53. The highest BCUT2D eigenvalue weighted by Crippen LogP contribution is 2.27. The molecule has 1 aliphatic rings. The van der Waals surface area contributed by atoms with Crippen LogP contribution in [0.5, 0.6) is 0 Å². The van der Waals surface area contributed by atoms with E-state index in [1.807, 2.05) is 11.6 Å². The van der Waals surface area contributed by atoms with Gasteiger partial charge in [-0.1, -0.05) is 55.5 Å². The molecule has 0 atom stereocenters. The number of aromatic nitrogens is 4. The molecule has 0 aliphatic heterocycles. The Labute approximate surface area is 156 Å². The van der Waals surface area contributed by atoms with Crippen molar-refractivity contribution in [3.05, 3.63) is 29.3 Å². The van der Waals surface area contributed by atoms with Gasteiger partial charge in [-0.05, 0) is 18.1 Å². The summed E-state index contributed by atoms with van der Waals surface area (Å²) in [4.78, 5) is 16.0. The summed E-state index contributed by atoms with van der Waals surface area (Å²) in [7, 11) is 1.97. The van der Waals surface area contributed by atoms with Crippen molar-refractivity contribution in [1.82, 2.24) is 19.7 Å². The van der Waals surface area contributed by atoms with Crippen LogP contribution in [0.25, 0.3) is 0 Å². The zero-order chi connectivity index (χ0) is 17.6. The fraction of sp³-hybridized carbons (Fsp3) is 0.529. The molecule has 1 amide bonds. The largest absolute Gasteiger partial charge is 0.323 e. The molecule has 1 N–H and O–H groups in total. The van der Waals surface area contributed by atoms with Crippen molar-refractivity contribution in [2.24, 2.45) is 13.0 Å². The lowest BCUT2D eigenvalue weighted by Crippen LogP contribution is -2.15. The number of halogens is 1. The van der Waals surface area contributed by atoms with E-state index in [1.165, 1.54) is 43.9 Å². The van der Waals surface area contributed by atoms with Crippen LogP contribution < -0.4 is 5.32 Å². The van der Waals surface area contributed by atoms with Crippen molar-refractivity contribution < 1.29 is 4.79 Å². The minimum absolute atomic E-state index is 0.142. The van der Waals surface area contributed by atoms with E-state index in [-0.39, 0.29) is 16.8 Å². The van der Waals surface area contributed by atoms with E-state index in [1.54, 1.807) is 18.3 Å². The fourth-order valence-corrected chi connectivity index (χ4v) is 3.99. The first-order valence-electron chi connectivity index (χ1n) is 8.55. The molecule has 2 aromatic heterocycles. The SMILES string of the molecule is Cn1c(CC2CCCCC2)nnc1SCC(=O)Nc1cccnc1Cl. The summed E-state index contributed by atoms with van der Waals surface area (Å²) in [5.74, 6) is 1.83. The number of pyridine rings is 1. The predicted molar refractivity (Wildman–Crippen MR) is 99.9 cm³/mol. The third kappa shape index (κ3) is 4.95. The number of rotatable bonds is 6. The minimum Gasteiger partial charge on any atom is -0.323 e. The van der Waals surface area contributed by atoms with Gasteiger partial charge in [-0.2, -0.15) is 0 Å². The van der Waals surface area contributed by atoms with E-state index in [0.717, 1.165) is 17.4 Å². The maximum absolute atomic E-state index is 12.1. The van der Waals surface area contributed by atoms with Gasteiger partial charge >= 0.3 is 0 Å². The quantitative estimate of drug-likeness (QED) is 0.611. The highest BCUT2D eigenvalue weighted by Gasteiger charge is 2.18. The second kappa shape index (κ2) is 8.67. The van der Waals surface area contributed by atoms with Gasteiger partial charge in [-0.3, -0.25) is 4.79 Å². The minimum atomic E-state index is -0.142. The van der Waals surface area contributed by atoms with Crippen LogP contribution in [0.2, 0.25) is 5.15 Å². The topological polar surface area (TPSA) is 72.7 Å². The molecule has 2 heterocycles. The lowest BCUT2D eigenvalue weighted by molar-refractivity contribution is -0.113. The molecule has 0 radical (unpaired) electrons. The molecule has 25 heavy (non-hydrogen) atoms. The Morgan fingerprint density at radius 3 is 2.92 bits per heavy atom. The van der Waals surface area contributed by atoms with Gasteiger partial charge in [0, 0.05) is 19.7 Å². The number of amides is 1. The standard InChI is InChI=1S/C17H22ClN5OS/c1-23-14(10-12-6-3-2-4-7-12)21-22-17(23)25-11-15(24)20-13-8-5-9-19-16(13)18/h5,8-9,12H,2-4,6-7,10-11H2,1H3,(H,20,24). The highest BCUT2D eigenvalue weighted by atomic mass is 35.5. The smallest absolute Gasteiger partial charge is 0.234 e. The van der Waals surface area contributed by atoms with Gasteiger partial charge in [-0.25, -0.2) is 4.98 Å². The molecule has 1 saturated carbocycles. The Morgan fingerprint density at radius 2 is 2.16 bits per heavy atom. The molecule has 134 valence electrons. The molecule has 0 unspecified atom stereocenters. The lowest BCUT2D eigenvalue weighted by Gasteiger charge is -2.20. The molecule has 2 aromatic rings. The van der Waals surface area contributed by atoms with E-state index in [2.05, 4.69) is 20.5 Å². The summed E-state index contributed by atoms with van der Waals surface area (Å²) in [6.07, 6.45) is 9.11. The van der Waals surface area contributed by atoms with Gasteiger partial charge in [0.1, 0.15) is 5.82 Å². The maximum atomic E-state index is 12.1. The van der Waals surface area contributed by atoms with Crippen LogP contribution in [0.4, 0.5) is 5.69 Å². The Hall–Kier alpha value is -1.60. The number of hydrogen-bond acceptors (Lipinski definition) is 5. The van der Waals surface area contributed by atoms with Crippen LogP contribution in [-0.4, -0.2) is 31.4 Å². The molecule has 0 spiro atoms. The van der Waals surface area contributed by atoms with Gasteiger partial charge in [0.15, 0.2) is 10.3 Å². The zero-order valence-electron chi connectivity index (χ0n) is 14.2. The van der Waals surface area contributed by atoms with Gasteiger partial charge < -0.3 is 9.88 Å². The molecule has 1 fully saturated rings. The first kappa shape index (κ1) is 18.2. The number of carbonyl (C=O) groups is 1. The van der Waals surface area contributed by atoms with Crippen LogP contribution in [0.3, 0.4) is 0 Å². The average molecular weight is 380 g/mol. The fourth-order valence-electron chi connectivity index (χ4n) is 3.09. The number of nitrogens with one attached hydrogen (secondary N) is 1. The third-order valence-corrected chi connectivity index (χ3v) is 5.81. The Kier molecular flexibility index (Phi) is 6.31. The third-order valence-electron chi connectivity index (χ3n) is 4.49. The van der Waals surface area contributed by atoms with Gasteiger partial charge in [-0.15, -0.1) is 10.2 Å². The van der Waals surface area contributed by atoms with E-state index in [9.17, 15) is 4.79 Å². The molecule has 0 aromatic carbocycles. The van der Waals surface area contributed by atoms with Crippen molar-refractivity contribution in [2.45, 2.75) is 43.7 Å². The number of anilines is 1. The Bertz CT molecular complexity index is 730. The second-order valence-electron chi connectivity index (χ2n) is 6.34. The van der Waals surface area contributed by atoms with Crippen LogP contribution in [-0.2, 0) is 18.3 Å². The van der Waals surface area contributed by atoms with Crippen LogP contribution in [0.1, 0.15) is 37.9 Å². The van der Waals surface area contributed by atoms with E-state index in [0.29, 0.717) is 11.6 Å². The molecular formula is C17H22ClN5OS. The van der Waals surface area contributed by atoms with Gasteiger partial charge in [0.2, 0.25) is 5.91 Å². The second-order valence-corrected chi connectivity index (χ2v) is 7.65. The average Bonchev–Trinajstić information content (AvgIpc) is 2.96. The molecule has 1 aliphatic carbocycles. The highest BCUT2D eigenvalue weighted by molar-refractivity contribution is 7.99. The molecule has 6 nitrogen and oxygen atoms in total. The summed E-state index contributed by atoms with van der Waals surface area (Å²) in [5, 5.41) is 12.4. The van der Waals surface area contributed by atoms with Crippen molar-refractivity contribution in [2.75, 3.05) is 11.1 Å². The molecule has 8 heteroatoms. The van der Waals surface area contributed by atoms with E-state index >= 15 is 0 Å². The zero-order valence-corrected chi connectivity index (χ0v) is 15.8. The molecule has 3 rings (SSSR count). The summed E-state index contributed by atoms with van der Waals surface area (Å²) in [6.45, 7) is 0. The molecule has 0 saturated heterocycles. The summed E-state index contributed by atoms with van der Waals surface area (Å²) in [6, 6.07) is 3.46. The van der Waals surface area contributed by atoms with Gasteiger partial charge in [0.05, 0.1) is 11.4 Å². The molecular weight excluding hydrogens is 358 g/mol. The summed E-state index contributed by atoms with van der Waals surface area (Å²) in [5.41, 5.74) is 0.519. The maximum Gasteiger partial charge on any atom is 0.234 e. The number of hydrogen-bond donors (Lipinski definition) is 1. The number of thioether (sulfide) groups is 1. The monoisotopic (exact) mass is 379 g/mol. The predicted octanol–water partition coefficient (Wildman–Crippen LogP) is 3.72. The van der Waals surface area contributed by atoms with Crippen LogP contribution in [0, 0.1) is 5.92 Å². The summed E-state index contributed by atoms with van der Waals surface area (Å²) < 4.78 is 2.00. The van der Waals surface area contributed by atoms with E-state index in [4.69, 9.17) is 11.6 Å². The lowest BCUT2D eigenvalue weighted by atomic mass is 9.87. The van der Waals surface area contributed by atoms with Crippen LogP contribution in [0.15, 0.2) is 23.5 Å². The number of carbonyl (C=O) groups excluding carboxylic acids is 1.